The lowest BCUT2D eigenvalue weighted by atomic mass is 10.1. The Hall–Kier alpha value is -2.54. The maximum absolute atomic E-state index is 13.2. The summed E-state index contributed by atoms with van der Waals surface area (Å²) in [6, 6.07) is 5.49. The van der Waals surface area contributed by atoms with E-state index >= 15 is 0 Å². The lowest BCUT2D eigenvalue weighted by Gasteiger charge is -2.30. The van der Waals surface area contributed by atoms with Gasteiger partial charge in [-0.05, 0) is 51.9 Å². The van der Waals surface area contributed by atoms with E-state index in [0.717, 1.165) is 31.8 Å². The molecule has 1 aliphatic rings. The Bertz CT molecular complexity index is 825. The number of carbonyl (C=O) groups excluding carboxylic acids is 1. The molecule has 1 aromatic heterocycles. The van der Waals surface area contributed by atoms with Gasteiger partial charge in [0.1, 0.15) is 11.9 Å². The molecule has 0 aliphatic carbocycles. The number of amides is 1. The first-order chi connectivity index (χ1) is 13.9. The van der Waals surface area contributed by atoms with Crippen LogP contribution in [0.25, 0.3) is 0 Å². The molecule has 0 saturated carbocycles. The van der Waals surface area contributed by atoms with Crippen LogP contribution in [0.5, 0.6) is 11.5 Å². The van der Waals surface area contributed by atoms with Gasteiger partial charge in [-0.25, -0.2) is 4.98 Å². The number of hydrogen-bond donors (Lipinski definition) is 0. The third kappa shape index (κ3) is 5.09. The van der Waals surface area contributed by atoms with Crippen LogP contribution in [-0.4, -0.2) is 64.7 Å². The number of methoxy groups -OCH3 is 1. The fraction of sp³-hybridized carbons (Fsp3) is 0.545. The molecule has 3 rings (SSSR count). The van der Waals surface area contributed by atoms with Crippen LogP contribution >= 0.6 is 0 Å². The molecular weight excluding hydrogens is 368 g/mol. The number of hydrogen-bond acceptors (Lipinski definition) is 5. The van der Waals surface area contributed by atoms with Crippen LogP contribution in [0.3, 0.4) is 0 Å². The highest BCUT2D eigenvalue weighted by molar-refractivity contribution is 5.95. The molecule has 0 N–H and O–H groups in total. The van der Waals surface area contributed by atoms with Crippen LogP contribution in [0, 0.1) is 0 Å². The molecule has 0 spiro atoms. The number of nitrogens with zero attached hydrogens (tertiary/aromatic N) is 4. The monoisotopic (exact) mass is 400 g/mol. The van der Waals surface area contributed by atoms with Gasteiger partial charge in [-0.2, -0.15) is 0 Å². The van der Waals surface area contributed by atoms with Crippen molar-refractivity contribution < 1.29 is 14.3 Å². The molecule has 0 radical (unpaired) electrons. The molecule has 0 unspecified atom stereocenters. The van der Waals surface area contributed by atoms with E-state index < -0.39 is 0 Å². The lowest BCUT2D eigenvalue weighted by Crippen LogP contribution is -2.37. The van der Waals surface area contributed by atoms with Crippen LogP contribution in [0.1, 0.15) is 42.9 Å². The van der Waals surface area contributed by atoms with Crippen molar-refractivity contribution in [3.05, 3.63) is 42.0 Å². The second kappa shape index (κ2) is 9.31. The lowest BCUT2D eigenvalue weighted by molar-refractivity contribution is 0.0682. The standard InChI is InChI=1S/C22H32N4O3/c1-16(2)26(15-21-23-10-13-25(21)4)22(27)17-6-7-19(20(14-17)28-5)29-18-8-11-24(3)12-9-18/h6-7,10,13-14,16,18H,8-9,11-12,15H2,1-5H3. The van der Waals surface area contributed by atoms with Crippen molar-refractivity contribution in [3.8, 4) is 11.5 Å². The smallest absolute Gasteiger partial charge is 0.254 e. The Balaban J connectivity index is 1.76. The first-order valence-corrected chi connectivity index (χ1v) is 10.2. The molecular formula is C22H32N4O3. The van der Waals surface area contributed by atoms with E-state index in [9.17, 15) is 4.79 Å². The number of aryl methyl sites for hydroxylation is 1. The van der Waals surface area contributed by atoms with Crippen molar-refractivity contribution in [2.24, 2.45) is 7.05 Å². The summed E-state index contributed by atoms with van der Waals surface area (Å²) in [6.45, 7) is 6.53. The van der Waals surface area contributed by atoms with E-state index in [4.69, 9.17) is 9.47 Å². The van der Waals surface area contributed by atoms with Gasteiger partial charge in [0, 0.05) is 44.1 Å². The minimum atomic E-state index is -0.0489. The maximum Gasteiger partial charge on any atom is 0.254 e. The highest BCUT2D eigenvalue weighted by atomic mass is 16.5. The summed E-state index contributed by atoms with van der Waals surface area (Å²) >= 11 is 0. The average molecular weight is 401 g/mol. The Morgan fingerprint density at radius 1 is 1.24 bits per heavy atom. The van der Waals surface area contributed by atoms with Gasteiger partial charge in [-0.1, -0.05) is 0 Å². The normalized spacial score (nSPS) is 15.5. The Kier molecular flexibility index (Phi) is 6.79. The van der Waals surface area contributed by atoms with Gasteiger partial charge in [0.2, 0.25) is 0 Å². The second-order valence-electron chi connectivity index (χ2n) is 7.97. The summed E-state index contributed by atoms with van der Waals surface area (Å²) in [4.78, 5) is 21.7. The number of rotatable bonds is 7. The van der Waals surface area contributed by atoms with Gasteiger partial charge in [-0.3, -0.25) is 4.79 Å². The van der Waals surface area contributed by atoms with Crippen molar-refractivity contribution in [2.75, 3.05) is 27.2 Å². The largest absolute Gasteiger partial charge is 0.493 e. The van der Waals surface area contributed by atoms with E-state index in [0.29, 0.717) is 23.6 Å². The molecule has 1 amide bonds. The van der Waals surface area contributed by atoms with Crippen LogP contribution < -0.4 is 9.47 Å². The first kappa shape index (κ1) is 21.2. The molecule has 2 aromatic rings. The van der Waals surface area contributed by atoms with Crippen LogP contribution in [0.15, 0.2) is 30.6 Å². The summed E-state index contributed by atoms with van der Waals surface area (Å²) in [6.07, 6.45) is 5.79. The number of piperidine rings is 1. The molecule has 29 heavy (non-hydrogen) atoms. The number of likely N-dealkylation sites (tertiary alicyclic amines) is 1. The number of benzene rings is 1. The summed E-state index contributed by atoms with van der Waals surface area (Å²) in [5, 5.41) is 0. The molecule has 1 aromatic carbocycles. The van der Waals surface area contributed by atoms with Crippen LogP contribution in [0.4, 0.5) is 0 Å². The third-order valence-corrected chi connectivity index (χ3v) is 5.49. The molecule has 7 heteroatoms. The van der Waals surface area contributed by atoms with Gasteiger partial charge in [0.25, 0.3) is 5.91 Å². The highest BCUT2D eigenvalue weighted by Gasteiger charge is 2.23. The topological polar surface area (TPSA) is 59.8 Å². The quantitative estimate of drug-likeness (QED) is 0.715. The van der Waals surface area contributed by atoms with Gasteiger partial charge in [0.05, 0.1) is 13.7 Å². The van der Waals surface area contributed by atoms with Crippen LogP contribution in [0.2, 0.25) is 0 Å². The number of carbonyl (C=O) groups is 1. The predicted molar refractivity (Wildman–Crippen MR) is 112 cm³/mol. The van der Waals surface area contributed by atoms with Gasteiger partial charge in [0.15, 0.2) is 11.5 Å². The molecule has 1 fully saturated rings. The van der Waals surface area contributed by atoms with Crippen molar-refractivity contribution in [2.45, 2.75) is 45.4 Å². The number of aromatic nitrogens is 2. The van der Waals surface area contributed by atoms with Crippen molar-refractivity contribution >= 4 is 5.91 Å². The minimum absolute atomic E-state index is 0.0420. The van der Waals surface area contributed by atoms with E-state index in [-0.39, 0.29) is 18.1 Å². The second-order valence-corrected chi connectivity index (χ2v) is 7.97. The summed E-state index contributed by atoms with van der Waals surface area (Å²) < 4.78 is 13.7. The SMILES string of the molecule is COc1cc(C(=O)N(Cc2nccn2C)C(C)C)ccc1OC1CCN(C)CC1. The zero-order valence-electron chi connectivity index (χ0n) is 18.1. The zero-order chi connectivity index (χ0) is 21.0. The van der Waals surface area contributed by atoms with Gasteiger partial charge in [-0.15, -0.1) is 0 Å². The molecule has 158 valence electrons. The van der Waals surface area contributed by atoms with Gasteiger partial charge >= 0.3 is 0 Å². The molecule has 0 bridgehead atoms. The maximum atomic E-state index is 13.2. The van der Waals surface area contributed by atoms with E-state index in [1.54, 1.807) is 19.4 Å². The molecule has 1 saturated heterocycles. The average Bonchev–Trinajstić information content (AvgIpc) is 3.12. The molecule has 7 nitrogen and oxygen atoms in total. The fourth-order valence-electron chi connectivity index (χ4n) is 3.54. The van der Waals surface area contributed by atoms with Crippen molar-refractivity contribution in [3.63, 3.8) is 0 Å². The number of ether oxygens (including phenoxy) is 2. The molecule has 0 atom stereocenters. The zero-order valence-corrected chi connectivity index (χ0v) is 18.1. The third-order valence-electron chi connectivity index (χ3n) is 5.49. The van der Waals surface area contributed by atoms with E-state index in [2.05, 4.69) is 16.9 Å². The Labute approximate surface area is 173 Å². The first-order valence-electron chi connectivity index (χ1n) is 10.2. The van der Waals surface area contributed by atoms with Crippen LogP contribution in [-0.2, 0) is 13.6 Å². The highest BCUT2D eigenvalue weighted by Crippen LogP contribution is 2.31. The minimum Gasteiger partial charge on any atom is -0.493 e. The van der Waals surface area contributed by atoms with Crippen molar-refractivity contribution in [1.82, 2.24) is 19.4 Å². The van der Waals surface area contributed by atoms with E-state index in [1.807, 2.05) is 48.7 Å². The molecule has 2 heterocycles. The summed E-state index contributed by atoms with van der Waals surface area (Å²) in [7, 11) is 5.67. The predicted octanol–water partition coefficient (Wildman–Crippen LogP) is 2.95. The summed E-state index contributed by atoms with van der Waals surface area (Å²) in [5.74, 6) is 2.09. The number of imidazole rings is 1. The van der Waals surface area contributed by atoms with E-state index in [1.165, 1.54) is 0 Å². The van der Waals surface area contributed by atoms with Crippen molar-refractivity contribution in [1.29, 1.82) is 0 Å². The fourth-order valence-corrected chi connectivity index (χ4v) is 3.54. The molecule has 1 aliphatic heterocycles. The van der Waals surface area contributed by atoms with Gasteiger partial charge < -0.3 is 23.8 Å². The Morgan fingerprint density at radius 3 is 2.55 bits per heavy atom. The summed E-state index contributed by atoms with van der Waals surface area (Å²) in [5.41, 5.74) is 0.584. The Morgan fingerprint density at radius 2 is 1.97 bits per heavy atom.